The number of allylic oxidation sites excluding steroid dienone is 4. The zero-order valence-electron chi connectivity index (χ0n) is 11.7. The molecule has 0 bridgehead atoms. The maximum Gasteiger partial charge on any atom is 0.309 e. The van der Waals surface area contributed by atoms with Crippen LogP contribution in [0.15, 0.2) is 22.2 Å². The SMILES string of the molecule is CC1=C[C@@H](C)[C@H]2[C@H]3C(=O)OC[C@@H](C)[C@@H]3C=C(Br)[C@@H]2C1. The Morgan fingerprint density at radius 3 is 2.79 bits per heavy atom. The molecule has 0 amide bonds. The van der Waals surface area contributed by atoms with Crippen molar-refractivity contribution >= 4 is 21.9 Å². The van der Waals surface area contributed by atoms with Crippen LogP contribution in [0.1, 0.15) is 27.2 Å². The van der Waals surface area contributed by atoms with Gasteiger partial charge in [-0.15, -0.1) is 0 Å². The molecule has 0 radical (unpaired) electrons. The lowest BCUT2D eigenvalue weighted by Gasteiger charge is -2.48. The van der Waals surface area contributed by atoms with Crippen LogP contribution in [-0.2, 0) is 9.53 Å². The normalized spacial score (nSPS) is 45.6. The van der Waals surface area contributed by atoms with Crippen molar-refractivity contribution in [1.29, 1.82) is 0 Å². The van der Waals surface area contributed by atoms with E-state index in [2.05, 4.69) is 48.9 Å². The highest BCUT2D eigenvalue weighted by Gasteiger charge is 2.50. The summed E-state index contributed by atoms with van der Waals surface area (Å²) in [5.74, 6) is 2.14. The van der Waals surface area contributed by atoms with Crippen LogP contribution < -0.4 is 0 Å². The van der Waals surface area contributed by atoms with Crippen molar-refractivity contribution < 1.29 is 9.53 Å². The lowest BCUT2D eigenvalue weighted by molar-refractivity contribution is -0.165. The van der Waals surface area contributed by atoms with Gasteiger partial charge in [0.15, 0.2) is 0 Å². The number of fused-ring (bicyclic) bond motifs is 3. The van der Waals surface area contributed by atoms with Crippen molar-refractivity contribution in [3.8, 4) is 0 Å². The predicted octanol–water partition coefficient (Wildman–Crippen LogP) is 3.92. The molecular formula is C16H21BrO2. The molecule has 0 N–H and O–H groups in total. The van der Waals surface area contributed by atoms with Gasteiger partial charge in [-0.1, -0.05) is 47.5 Å². The summed E-state index contributed by atoms with van der Waals surface area (Å²) >= 11 is 3.78. The number of hydrogen-bond acceptors (Lipinski definition) is 2. The molecule has 0 aromatic heterocycles. The van der Waals surface area contributed by atoms with Crippen LogP contribution in [-0.4, -0.2) is 12.6 Å². The summed E-state index contributed by atoms with van der Waals surface area (Å²) in [7, 11) is 0. The minimum Gasteiger partial charge on any atom is -0.465 e. The minimum absolute atomic E-state index is 0.0224. The first-order valence-corrected chi connectivity index (χ1v) is 7.99. The highest BCUT2D eigenvalue weighted by Crippen LogP contribution is 2.52. The topological polar surface area (TPSA) is 26.3 Å². The monoisotopic (exact) mass is 324 g/mol. The summed E-state index contributed by atoms with van der Waals surface area (Å²) in [5, 5.41) is 0. The first kappa shape index (κ1) is 13.4. The Kier molecular flexibility index (Phi) is 3.36. The molecule has 0 aromatic carbocycles. The third-order valence-electron chi connectivity index (χ3n) is 5.11. The summed E-state index contributed by atoms with van der Waals surface area (Å²) in [4.78, 5) is 12.3. The van der Waals surface area contributed by atoms with E-state index in [-0.39, 0.29) is 11.9 Å². The fourth-order valence-corrected chi connectivity index (χ4v) is 5.03. The fraction of sp³-hybridized carbons (Fsp3) is 0.688. The molecule has 0 aromatic rings. The Bertz CT molecular complexity index is 465. The maximum atomic E-state index is 12.3. The van der Waals surface area contributed by atoms with Gasteiger partial charge < -0.3 is 4.74 Å². The standard InChI is InChI=1S/C16H21BrO2/c1-8-4-9(2)14-12(5-8)13(17)6-11-10(3)7-19-16(18)15(11)14/h4,6,9-12,14-15H,5,7H2,1-3H3/t9-,10-,11+,12+,14-,15+/m1/s1. The summed E-state index contributed by atoms with van der Waals surface area (Å²) in [6.45, 7) is 7.20. The van der Waals surface area contributed by atoms with E-state index in [9.17, 15) is 4.79 Å². The molecule has 104 valence electrons. The molecule has 0 unspecified atom stereocenters. The highest BCUT2D eigenvalue weighted by molar-refractivity contribution is 9.11. The molecular weight excluding hydrogens is 304 g/mol. The average Bonchev–Trinajstić information content (AvgIpc) is 2.34. The van der Waals surface area contributed by atoms with Crippen LogP contribution in [0.5, 0.6) is 0 Å². The van der Waals surface area contributed by atoms with E-state index in [0.717, 1.165) is 6.42 Å². The van der Waals surface area contributed by atoms with Crippen molar-refractivity contribution in [2.24, 2.45) is 35.5 Å². The molecule has 19 heavy (non-hydrogen) atoms. The number of carbonyl (C=O) groups is 1. The second-order valence-corrected chi connectivity index (χ2v) is 7.44. The van der Waals surface area contributed by atoms with E-state index >= 15 is 0 Å². The zero-order chi connectivity index (χ0) is 13.7. The summed E-state index contributed by atoms with van der Waals surface area (Å²) in [5.41, 5.74) is 1.44. The van der Waals surface area contributed by atoms with Gasteiger partial charge in [0.1, 0.15) is 0 Å². The van der Waals surface area contributed by atoms with Crippen LogP contribution in [0.2, 0.25) is 0 Å². The van der Waals surface area contributed by atoms with Gasteiger partial charge in [0.25, 0.3) is 0 Å². The first-order chi connectivity index (χ1) is 8.99. The Morgan fingerprint density at radius 2 is 2.05 bits per heavy atom. The van der Waals surface area contributed by atoms with Gasteiger partial charge in [-0.25, -0.2) is 0 Å². The van der Waals surface area contributed by atoms with Crippen LogP contribution in [0, 0.1) is 35.5 Å². The Morgan fingerprint density at radius 1 is 1.32 bits per heavy atom. The highest BCUT2D eigenvalue weighted by atomic mass is 79.9. The predicted molar refractivity (Wildman–Crippen MR) is 78.6 cm³/mol. The number of cyclic esters (lactones) is 1. The number of hydrogen-bond donors (Lipinski definition) is 0. The quantitative estimate of drug-likeness (QED) is 0.498. The van der Waals surface area contributed by atoms with Gasteiger partial charge in [-0.3, -0.25) is 4.79 Å². The number of rotatable bonds is 0. The zero-order valence-corrected chi connectivity index (χ0v) is 13.3. The van der Waals surface area contributed by atoms with E-state index in [1.807, 2.05) is 0 Å². The smallest absolute Gasteiger partial charge is 0.309 e. The van der Waals surface area contributed by atoms with Crippen molar-refractivity contribution in [3.05, 3.63) is 22.2 Å². The van der Waals surface area contributed by atoms with Gasteiger partial charge in [0.05, 0.1) is 12.5 Å². The lowest BCUT2D eigenvalue weighted by Crippen LogP contribution is -2.48. The molecule has 2 aliphatic carbocycles. The molecule has 2 nitrogen and oxygen atoms in total. The van der Waals surface area contributed by atoms with Gasteiger partial charge in [0.2, 0.25) is 0 Å². The van der Waals surface area contributed by atoms with Crippen LogP contribution in [0.25, 0.3) is 0 Å². The second kappa shape index (κ2) is 4.76. The molecule has 1 fully saturated rings. The van der Waals surface area contributed by atoms with Crippen molar-refractivity contribution in [2.45, 2.75) is 27.2 Å². The largest absolute Gasteiger partial charge is 0.465 e. The van der Waals surface area contributed by atoms with E-state index in [1.54, 1.807) is 0 Å². The van der Waals surface area contributed by atoms with Gasteiger partial charge in [0, 0.05) is 0 Å². The molecule has 6 atom stereocenters. The molecule has 3 rings (SSSR count). The molecule has 1 aliphatic heterocycles. The second-order valence-electron chi connectivity index (χ2n) is 6.52. The number of carbonyl (C=O) groups excluding carboxylic acids is 1. The van der Waals surface area contributed by atoms with Crippen molar-refractivity contribution in [2.75, 3.05) is 6.61 Å². The van der Waals surface area contributed by atoms with Crippen molar-refractivity contribution in [1.82, 2.24) is 0 Å². The van der Waals surface area contributed by atoms with Crippen LogP contribution in [0.3, 0.4) is 0 Å². The van der Waals surface area contributed by atoms with E-state index in [0.29, 0.717) is 36.2 Å². The molecule has 1 heterocycles. The van der Waals surface area contributed by atoms with E-state index in [1.165, 1.54) is 10.1 Å². The molecule has 3 heteroatoms. The lowest BCUT2D eigenvalue weighted by atomic mass is 9.59. The number of halogens is 1. The molecule has 0 spiro atoms. The first-order valence-electron chi connectivity index (χ1n) is 7.20. The summed E-state index contributed by atoms with van der Waals surface area (Å²) in [6.07, 6.45) is 5.70. The Labute approximate surface area is 123 Å². The fourth-order valence-electron chi connectivity index (χ4n) is 4.26. The minimum atomic E-state index is 0.0224. The van der Waals surface area contributed by atoms with E-state index in [4.69, 9.17) is 4.74 Å². The third kappa shape index (κ3) is 2.10. The van der Waals surface area contributed by atoms with Crippen molar-refractivity contribution in [3.63, 3.8) is 0 Å². The van der Waals surface area contributed by atoms with E-state index < -0.39 is 0 Å². The molecule has 1 saturated heterocycles. The summed E-state index contributed by atoms with van der Waals surface area (Å²) in [6, 6.07) is 0. The Balaban J connectivity index is 2.04. The average molecular weight is 325 g/mol. The number of esters is 1. The maximum absolute atomic E-state index is 12.3. The summed E-state index contributed by atoms with van der Waals surface area (Å²) < 4.78 is 6.72. The molecule has 0 saturated carbocycles. The number of ether oxygens (including phenoxy) is 1. The van der Waals surface area contributed by atoms with Crippen LogP contribution in [0.4, 0.5) is 0 Å². The van der Waals surface area contributed by atoms with Gasteiger partial charge in [-0.2, -0.15) is 0 Å². The van der Waals surface area contributed by atoms with Gasteiger partial charge >= 0.3 is 5.97 Å². The third-order valence-corrected chi connectivity index (χ3v) is 5.97. The molecule has 3 aliphatic rings. The van der Waals surface area contributed by atoms with Crippen LogP contribution >= 0.6 is 15.9 Å². The van der Waals surface area contributed by atoms with Gasteiger partial charge in [-0.05, 0) is 47.4 Å². The Hall–Kier alpha value is -0.570.